The minimum Gasteiger partial charge on any atom is -0.299 e. The summed E-state index contributed by atoms with van der Waals surface area (Å²) in [6.07, 6.45) is 12.6. The molecule has 1 spiro atoms. The number of fused-ring (bicyclic) bond motifs is 1. The minimum absolute atomic E-state index is 0.0421. The Labute approximate surface area is 134 Å². The number of carbonyl (C=O) groups is 1. The number of hydrogen-bond acceptors (Lipinski definition) is 2. The van der Waals surface area contributed by atoms with Gasteiger partial charge in [-0.2, -0.15) is 0 Å². The first-order valence-electron chi connectivity index (χ1n) is 9.57. The lowest BCUT2D eigenvalue weighted by Crippen LogP contribution is -2.62. The molecule has 0 N–H and O–H groups in total. The first-order chi connectivity index (χ1) is 10.5. The summed E-state index contributed by atoms with van der Waals surface area (Å²) >= 11 is 0. The van der Waals surface area contributed by atoms with Crippen LogP contribution in [0.2, 0.25) is 0 Å². The van der Waals surface area contributed by atoms with Crippen molar-refractivity contribution in [2.24, 2.45) is 44.9 Å². The molecule has 7 atom stereocenters. The molecule has 2 heteroatoms. The molecule has 0 aromatic rings. The molecule has 2 nitrogen and oxygen atoms in total. The van der Waals surface area contributed by atoms with Gasteiger partial charge in [0.2, 0.25) is 0 Å². The molecule has 22 heavy (non-hydrogen) atoms. The monoisotopic (exact) mass is 299 g/mol. The number of rotatable bonds is 0. The second kappa shape index (κ2) is 4.05. The molecule has 0 radical (unpaired) electrons. The third-order valence-corrected chi connectivity index (χ3v) is 8.89. The van der Waals surface area contributed by atoms with Crippen LogP contribution in [0.4, 0.5) is 0 Å². The fourth-order valence-electron chi connectivity index (χ4n) is 8.01. The topological polar surface area (TPSA) is 29.4 Å². The molecule has 4 aliphatic carbocycles. The maximum Gasteiger partial charge on any atom is 0.142 e. The highest BCUT2D eigenvalue weighted by Crippen LogP contribution is 2.71. The molecule has 4 fully saturated rings. The summed E-state index contributed by atoms with van der Waals surface area (Å²) in [6, 6.07) is 0. The third-order valence-electron chi connectivity index (χ3n) is 8.89. The average Bonchev–Trinajstić information content (AvgIpc) is 2.67. The predicted octanol–water partition coefficient (Wildman–Crippen LogP) is 4.28. The van der Waals surface area contributed by atoms with Crippen LogP contribution in [0.25, 0.3) is 0 Å². The van der Waals surface area contributed by atoms with Gasteiger partial charge in [-0.25, -0.2) is 0 Å². The molecule has 120 valence electrons. The number of ketones is 1. The Balaban J connectivity index is 1.66. The summed E-state index contributed by atoms with van der Waals surface area (Å²) in [5.74, 6) is 3.05. The van der Waals surface area contributed by atoms with E-state index >= 15 is 0 Å². The van der Waals surface area contributed by atoms with Crippen molar-refractivity contribution in [3.05, 3.63) is 0 Å². The Kier molecular flexibility index (Phi) is 2.53. The first-order valence-corrected chi connectivity index (χ1v) is 9.57. The summed E-state index contributed by atoms with van der Waals surface area (Å²) in [4.78, 5) is 18.1. The number of aliphatic imine (C=N–C) groups is 1. The van der Waals surface area contributed by atoms with Crippen molar-refractivity contribution in [1.82, 2.24) is 0 Å². The fourth-order valence-corrected chi connectivity index (χ4v) is 8.01. The van der Waals surface area contributed by atoms with E-state index in [0.717, 1.165) is 12.5 Å². The normalized spacial score (nSPS) is 59.1. The molecule has 0 aromatic heterocycles. The number of hydrogen-bond donors (Lipinski definition) is 0. The van der Waals surface area contributed by atoms with E-state index in [9.17, 15) is 4.79 Å². The van der Waals surface area contributed by atoms with Crippen LogP contribution in [-0.2, 0) is 4.79 Å². The summed E-state index contributed by atoms with van der Waals surface area (Å²) in [5, 5.41) is 0. The highest BCUT2D eigenvalue weighted by Gasteiger charge is 2.69. The highest BCUT2D eigenvalue weighted by atomic mass is 16.1. The number of nitrogens with zero attached hydrogens (tertiary/aromatic N) is 1. The smallest absolute Gasteiger partial charge is 0.142 e. The van der Waals surface area contributed by atoms with Crippen LogP contribution in [0, 0.1) is 39.9 Å². The Morgan fingerprint density at radius 2 is 2.00 bits per heavy atom. The van der Waals surface area contributed by atoms with Crippen molar-refractivity contribution >= 4 is 12.0 Å². The van der Waals surface area contributed by atoms with Crippen LogP contribution in [0.15, 0.2) is 4.99 Å². The summed E-state index contributed by atoms with van der Waals surface area (Å²) in [7, 11) is 0. The Bertz CT molecular complexity index is 568. The zero-order chi connectivity index (χ0) is 15.2. The van der Waals surface area contributed by atoms with Crippen LogP contribution in [-0.4, -0.2) is 18.5 Å². The summed E-state index contributed by atoms with van der Waals surface area (Å²) < 4.78 is 0. The summed E-state index contributed by atoms with van der Waals surface area (Å²) in [5.41, 5.74) is 0.730. The SMILES string of the molecule is C[C@H]1C(=O)[C@@]23CC[C@@H]4[C@@]5(C)CCC[C@@]4(C=NC5)[C@@H]2CC[C@@H]1C3. The van der Waals surface area contributed by atoms with Gasteiger partial charge >= 0.3 is 0 Å². The molecule has 0 amide bonds. The molecule has 0 aromatic carbocycles. The van der Waals surface area contributed by atoms with Crippen LogP contribution in [0.3, 0.4) is 0 Å². The maximum atomic E-state index is 13.2. The van der Waals surface area contributed by atoms with E-state index in [2.05, 4.69) is 20.1 Å². The number of Topliss-reactive ketones (excluding diaryl/α,β-unsaturated/α-hetero) is 1. The van der Waals surface area contributed by atoms with E-state index in [4.69, 9.17) is 4.99 Å². The van der Waals surface area contributed by atoms with E-state index < -0.39 is 0 Å². The molecule has 1 aliphatic heterocycles. The summed E-state index contributed by atoms with van der Waals surface area (Å²) in [6.45, 7) is 5.74. The van der Waals surface area contributed by atoms with Crippen LogP contribution < -0.4 is 0 Å². The van der Waals surface area contributed by atoms with E-state index in [1.807, 2.05) is 0 Å². The molecule has 0 unspecified atom stereocenters. The molecule has 5 aliphatic rings. The first kappa shape index (κ1) is 13.7. The lowest BCUT2D eigenvalue weighted by Gasteiger charge is -2.64. The maximum absolute atomic E-state index is 13.2. The zero-order valence-electron chi connectivity index (χ0n) is 14.1. The quantitative estimate of drug-likeness (QED) is 0.656. The largest absolute Gasteiger partial charge is 0.299 e. The van der Waals surface area contributed by atoms with Gasteiger partial charge in [0, 0.05) is 29.5 Å². The van der Waals surface area contributed by atoms with E-state index in [1.54, 1.807) is 0 Å². The van der Waals surface area contributed by atoms with Gasteiger partial charge in [-0.15, -0.1) is 0 Å². The van der Waals surface area contributed by atoms with Crippen molar-refractivity contribution in [1.29, 1.82) is 0 Å². The van der Waals surface area contributed by atoms with Crippen molar-refractivity contribution in [2.75, 3.05) is 6.54 Å². The van der Waals surface area contributed by atoms with Crippen LogP contribution >= 0.6 is 0 Å². The van der Waals surface area contributed by atoms with Gasteiger partial charge in [-0.1, -0.05) is 20.3 Å². The second-order valence-corrected chi connectivity index (χ2v) is 9.58. The van der Waals surface area contributed by atoms with Gasteiger partial charge in [0.1, 0.15) is 5.78 Å². The predicted molar refractivity (Wildman–Crippen MR) is 87.9 cm³/mol. The Morgan fingerprint density at radius 3 is 2.86 bits per heavy atom. The van der Waals surface area contributed by atoms with E-state index in [0.29, 0.717) is 29.0 Å². The van der Waals surface area contributed by atoms with Crippen molar-refractivity contribution in [3.63, 3.8) is 0 Å². The molecular weight excluding hydrogens is 270 g/mol. The van der Waals surface area contributed by atoms with Crippen LogP contribution in [0.1, 0.15) is 65.2 Å². The third kappa shape index (κ3) is 1.35. The minimum atomic E-state index is 0.0421. The molecule has 5 rings (SSSR count). The average molecular weight is 299 g/mol. The van der Waals surface area contributed by atoms with Crippen molar-refractivity contribution < 1.29 is 4.79 Å². The standard InChI is InChI=1S/C20H29NO/c1-13-14-4-5-16-19(10-14,17(13)22)9-6-15-18(2)7-3-8-20(15,16)12-21-11-18/h12-16H,3-11H2,1-2H3/t13-,14-,15-,16-,18+,19-,20+/m1/s1. The molecule has 0 saturated heterocycles. The fraction of sp³-hybridized carbons (Fsp3) is 0.900. The van der Waals surface area contributed by atoms with Gasteiger partial charge in [-0.05, 0) is 68.1 Å². The van der Waals surface area contributed by atoms with Gasteiger partial charge in [0.05, 0.1) is 0 Å². The van der Waals surface area contributed by atoms with Crippen molar-refractivity contribution in [3.8, 4) is 0 Å². The lowest BCUT2D eigenvalue weighted by atomic mass is 9.40. The molecular formula is C20H29NO. The van der Waals surface area contributed by atoms with Gasteiger partial charge in [0.15, 0.2) is 0 Å². The van der Waals surface area contributed by atoms with Gasteiger partial charge in [0.25, 0.3) is 0 Å². The number of carbonyl (C=O) groups excluding carboxylic acids is 1. The van der Waals surface area contributed by atoms with Crippen molar-refractivity contribution in [2.45, 2.75) is 65.2 Å². The zero-order valence-corrected chi connectivity index (χ0v) is 14.1. The van der Waals surface area contributed by atoms with Crippen LogP contribution in [0.5, 0.6) is 0 Å². The highest BCUT2D eigenvalue weighted by molar-refractivity contribution is 5.91. The lowest BCUT2D eigenvalue weighted by molar-refractivity contribution is -0.152. The molecule has 4 bridgehead atoms. The molecule has 1 heterocycles. The Morgan fingerprint density at radius 1 is 1.14 bits per heavy atom. The molecule has 4 saturated carbocycles. The Hall–Kier alpha value is -0.660. The van der Waals surface area contributed by atoms with Gasteiger partial charge < -0.3 is 0 Å². The second-order valence-electron chi connectivity index (χ2n) is 9.58. The van der Waals surface area contributed by atoms with E-state index in [-0.39, 0.29) is 10.8 Å². The van der Waals surface area contributed by atoms with E-state index in [1.165, 1.54) is 51.4 Å². The van der Waals surface area contributed by atoms with Gasteiger partial charge in [-0.3, -0.25) is 9.79 Å².